The Bertz CT molecular complexity index is 107. The largest absolute Gasteiger partial charge is 0.282 e. The van der Waals surface area contributed by atoms with Crippen molar-refractivity contribution in [1.82, 2.24) is 0 Å². The highest BCUT2D eigenvalue weighted by atomic mass is 32.1. The van der Waals surface area contributed by atoms with E-state index in [2.05, 4.69) is 33.4 Å². The van der Waals surface area contributed by atoms with Crippen molar-refractivity contribution in [3.8, 4) is 0 Å². The highest BCUT2D eigenvalue weighted by Gasteiger charge is 2.17. The third kappa shape index (κ3) is 4.40. The SMILES string of the molecule is CCC(C)(C)CC(=O)[S]. The van der Waals surface area contributed by atoms with Gasteiger partial charge in [0.25, 0.3) is 0 Å². The van der Waals surface area contributed by atoms with Gasteiger partial charge in [0.1, 0.15) is 0 Å². The van der Waals surface area contributed by atoms with Gasteiger partial charge >= 0.3 is 0 Å². The van der Waals surface area contributed by atoms with Gasteiger partial charge in [0.05, 0.1) is 0 Å². The molecule has 0 heterocycles. The van der Waals surface area contributed by atoms with E-state index >= 15 is 0 Å². The van der Waals surface area contributed by atoms with E-state index < -0.39 is 0 Å². The van der Waals surface area contributed by atoms with Crippen LogP contribution in [0, 0.1) is 5.41 Å². The summed E-state index contributed by atoms with van der Waals surface area (Å²) in [6.45, 7) is 6.17. The molecule has 0 spiro atoms. The minimum Gasteiger partial charge on any atom is -0.282 e. The lowest BCUT2D eigenvalue weighted by Gasteiger charge is -2.19. The fourth-order valence-corrected chi connectivity index (χ4v) is 0.906. The number of rotatable bonds is 3. The molecule has 2 heteroatoms. The highest BCUT2D eigenvalue weighted by Crippen LogP contribution is 2.24. The third-order valence-corrected chi connectivity index (χ3v) is 1.72. The molecular formula is C7H13OS. The standard InChI is InChI=1S/C7H13OS/c1-4-7(2,3)5-6(8)9/h4-5H2,1-3H3. The van der Waals surface area contributed by atoms with Crippen LogP contribution in [-0.2, 0) is 4.79 Å². The first-order valence-electron chi connectivity index (χ1n) is 3.18. The van der Waals surface area contributed by atoms with E-state index in [9.17, 15) is 4.79 Å². The van der Waals surface area contributed by atoms with Crippen molar-refractivity contribution in [2.24, 2.45) is 5.41 Å². The first-order chi connectivity index (χ1) is 3.98. The maximum absolute atomic E-state index is 10.4. The first-order valence-corrected chi connectivity index (χ1v) is 3.58. The van der Waals surface area contributed by atoms with Crippen LogP contribution in [0.5, 0.6) is 0 Å². The zero-order valence-corrected chi connectivity index (χ0v) is 7.05. The summed E-state index contributed by atoms with van der Waals surface area (Å²) in [6.07, 6.45) is 1.54. The Hall–Kier alpha value is -0.110. The number of carbonyl (C=O) groups excluding carboxylic acids is 1. The van der Waals surface area contributed by atoms with E-state index in [1.807, 2.05) is 0 Å². The van der Waals surface area contributed by atoms with Gasteiger partial charge in [-0.1, -0.05) is 27.2 Å². The monoisotopic (exact) mass is 145 g/mol. The Morgan fingerprint density at radius 2 is 2.00 bits per heavy atom. The van der Waals surface area contributed by atoms with Crippen LogP contribution in [0.25, 0.3) is 0 Å². The quantitative estimate of drug-likeness (QED) is 0.596. The predicted octanol–water partition coefficient (Wildman–Crippen LogP) is 2.54. The van der Waals surface area contributed by atoms with Crippen LogP contribution in [-0.4, -0.2) is 5.12 Å². The van der Waals surface area contributed by atoms with E-state index in [1.165, 1.54) is 0 Å². The van der Waals surface area contributed by atoms with Gasteiger partial charge in [-0.3, -0.25) is 4.79 Å². The van der Waals surface area contributed by atoms with Gasteiger partial charge in [0, 0.05) is 6.42 Å². The second kappa shape index (κ2) is 3.16. The van der Waals surface area contributed by atoms with Crippen LogP contribution in [0.2, 0.25) is 0 Å². The number of hydrogen-bond donors (Lipinski definition) is 0. The summed E-state index contributed by atoms with van der Waals surface area (Å²) in [7, 11) is 0. The normalized spacial score (nSPS) is 11.4. The second-order valence-corrected chi connectivity index (χ2v) is 3.52. The maximum atomic E-state index is 10.4. The minimum atomic E-state index is -0.123. The van der Waals surface area contributed by atoms with Crippen LogP contribution < -0.4 is 0 Å². The van der Waals surface area contributed by atoms with Crippen molar-refractivity contribution < 1.29 is 4.79 Å². The van der Waals surface area contributed by atoms with Gasteiger partial charge in [-0.2, -0.15) is 0 Å². The molecule has 0 atom stereocenters. The Morgan fingerprint density at radius 3 is 2.11 bits per heavy atom. The summed E-state index contributed by atoms with van der Waals surface area (Å²) < 4.78 is 0. The Labute approximate surface area is 62.2 Å². The summed E-state index contributed by atoms with van der Waals surface area (Å²) in [5, 5.41) is -0.123. The summed E-state index contributed by atoms with van der Waals surface area (Å²) in [6, 6.07) is 0. The van der Waals surface area contributed by atoms with Crippen LogP contribution in [0.3, 0.4) is 0 Å². The van der Waals surface area contributed by atoms with Crippen molar-refractivity contribution in [3.63, 3.8) is 0 Å². The Morgan fingerprint density at radius 1 is 1.56 bits per heavy atom. The Kier molecular flexibility index (Phi) is 3.12. The molecule has 1 nitrogen and oxygen atoms in total. The molecule has 1 radical (unpaired) electrons. The second-order valence-electron chi connectivity index (χ2n) is 3.07. The molecule has 0 rings (SSSR count). The molecule has 0 aliphatic rings. The molecule has 0 bridgehead atoms. The smallest absolute Gasteiger partial charge is 0.219 e. The fraction of sp³-hybridized carbons (Fsp3) is 0.857. The van der Waals surface area contributed by atoms with Gasteiger partial charge in [0.15, 0.2) is 0 Å². The van der Waals surface area contributed by atoms with Crippen LogP contribution in [0.1, 0.15) is 33.6 Å². The molecule has 0 N–H and O–H groups in total. The van der Waals surface area contributed by atoms with Gasteiger partial charge in [-0.05, 0) is 18.0 Å². The van der Waals surface area contributed by atoms with E-state index in [4.69, 9.17) is 0 Å². The van der Waals surface area contributed by atoms with E-state index in [1.54, 1.807) is 0 Å². The van der Waals surface area contributed by atoms with E-state index in [0.717, 1.165) is 6.42 Å². The molecule has 53 valence electrons. The minimum absolute atomic E-state index is 0.110. The lowest BCUT2D eigenvalue weighted by atomic mass is 9.87. The molecule has 0 amide bonds. The summed E-state index contributed by atoms with van der Waals surface area (Å²) >= 11 is 4.45. The molecular weight excluding hydrogens is 132 g/mol. The molecule has 0 saturated heterocycles. The van der Waals surface area contributed by atoms with Crippen LogP contribution >= 0.6 is 12.6 Å². The van der Waals surface area contributed by atoms with Gasteiger partial charge in [-0.25, -0.2) is 0 Å². The molecule has 0 aromatic rings. The van der Waals surface area contributed by atoms with Crippen molar-refractivity contribution >= 4 is 17.7 Å². The van der Waals surface area contributed by atoms with Crippen molar-refractivity contribution in [2.45, 2.75) is 33.6 Å². The van der Waals surface area contributed by atoms with E-state index in [-0.39, 0.29) is 10.5 Å². The van der Waals surface area contributed by atoms with Crippen molar-refractivity contribution in [2.75, 3.05) is 0 Å². The summed E-state index contributed by atoms with van der Waals surface area (Å²) in [5.74, 6) is 0. The summed E-state index contributed by atoms with van der Waals surface area (Å²) in [4.78, 5) is 10.4. The third-order valence-electron chi connectivity index (χ3n) is 1.58. The maximum Gasteiger partial charge on any atom is 0.219 e. The van der Waals surface area contributed by atoms with Crippen molar-refractivity contribution in [3.05, 3.63) is 0 Å². The van der Waals surface area contributed by atoms with Gasteiger partial charge < -0.3 is 0 Å². The highest BCUT2D eigenvalue weighted by molar-refractivity contribution is 7.96. The van der Waals surface area contributed by atoms with Crippen LogP contribution in [0.4, 0.5) is 0 Å². The zero-order chi connectivity index (χ0) is 7.49. The molecule has 0 unspecified atom stereocenters. The molecule has 0 saturated carbocycles. The topological polar surface area (TPSA) is 17.1 Å². The van der Waals surface area contributed by atoms with Crippen molar-refractivity contribution in [1.29, 1.82) is 0 Å². The lowest BCUT2D eigenvalue weighted by Crippen LogP contribution is -2.12. The van der Waals surface area contributed by atoms with Gasteiger partial charge in [0.2, 0.25) is 5.12 Å². The Balaban J connectivity index is 3.71. The summed E-state index contributed by atoms with van der Waals surface area (Å²) in [5.41, 5.74) is 0.110. The number of hydrogen-bond acceptors (Lipinski definition) is 1. The first kappa shape index (κ1) is 8.89. The van der Waals surface area contributed by atoms with Gasteiger partial charge in [-0.15, -0.1) is 0 Å². The predicted molar refractivity (Wildman–Crippen MR) is 41.3 cm³/mol. The molecule has 0 aromatic heterocycles. The fourth-order valence-electron chi connectivity index (χ4n) is 0.516. The number of carbonyl (C=O) groups is 1. The molecule has 0 fully saturated rings. The molecule has 0 aromatic carbocycles. The molecule has 0 aliphatic heterocycles. The lowest BCUT2D eigenvalue weighted by molar-refractivity contribution is -0.112. The molecule has 9 heavy (non-hydrogen) atoms. The average molecular weight is 145 g/mol. The zero-order valence-electron chi connectivity index (χ0n) is 6.23. The molecule has 0 aliphatic carbocycles. The van der Waals surface area contributed by atoms with E-state index in [0.29, 0.717) is 6.42 Å². The average Bonchev–Trinajstić information content (AvgIpc) is 1.63. The van der Waals surface area contributed by atoms with Crippen LogP contribution in [0.15, 0.2) is 0 Å².